The van der Waals surface area contributed by atoms with Crippen LogP contribution in [0, 0.1) is 6.92 Å². The molecule has 7 heteroatoms. The zero-order valence-corrected chi connectivity index (χ0v) is 13.8. The molecule has 2 aromatic rings. The van der Waals surface area contributed by atoms with E-state index in [2.05, 4.69) is 10.0 Å². The Bertz CT molecular complexity index is 708. The maximum Gasteiger partial charge on any atom is 0.261 e. The molecule has 0 aliphatic rings. The molecule has 0 aliphatic carbocycles. The van der Waals surface area contributed by atoms with Crippen LogP contribution < -0.4 is 10.0 Å². The van der Waals surface area contributed by atoms with Crippen LogP contribution in [-0.4, -0.2) is 27.4 Å². The van der Waals surface area contributed by atoms with Crippen LogP contribution in [0.5, 0.6) is 0 Å². The minimum Gasteiger partial charge on any atom is -0.351 e. The average molecular weight is 338 g/mol. The van der Waals surface area contributed by atoms with Gasteiger partial charge in [0.25, 0.3) is 5.91 Å². The number of benzene rings is 1. The summed E-state index contributed by atoms with van der Waals surface area (Å²) in [6.07, 6.45) is 0.530. The number of sulfonamides is 1. The van der Waals surface area contributed by atoms with E-state index in [1.165, 1.54) is 11.3 Å². The Morgan fingerprint density at radius 3 is 2.50 bits per heavy atom. The summed E-state index contributed by atoms with van der Waals surface area (Å²) in [6.45, 7) is 2.61. The van der Waals surface area contributed by atoms with Crippen molar-refractivity contribution in [1.82, 2.24) is 10.0 Å². The standard InChI is InChI=1S/C15H18N2O3S2/c1-12-5-7-13(8-6-12)22(19,20)17-10-3-9-16-15(18)14-4-2-11-21-14/h2,4-8,11,17H,3,9-10H2,1H3,(H,16,18). The zero-order chi connectivity index (χ0) is 16.0. The number of carbonyl (C=O) groups is 1. The van der Waals surface area contributed by atoms with Gasteiger partial charge < -0.3 is 5.32 Å². The molecule has 0 spiro atoms. The molecule has 0 radical (unpaired) electrons. The summed E-state index contributed by atoms with van der Waals surface area (Å²) in [7, 11) is -3.48. The molecule has 0 atom stereocenters. The molecule has 1 aromatic heterocycles. The van der Waals surface area contributed by atoms with Crippen molar-refractivity contribution in [2.75, 3.05) is 13.1 Å². The highest BCUT2D eigenvalue weighted by atomic mass is 32.2. The van der Waals surface area contributed by atoms with Gasteiger partial charge in [0.15, 0.2) is 0 Å². The maximum atomic E-state index is 12.0. The van der Waals surface area contributed by atoms with E-state index in [0.29, 0.717) is 17.8 Å². The van der Waals surface area contributed by atoms with Crippen LogP contribution in [-0.2, 0) is 10.0 Å². The van der Waals surface area contributed by atoms with Gasteiger partial charge in [-0.1, -0.05) is 23.8 Å². The van der Waals surface area contributed by atoms with Crippen LogP contribution in [0.1, 0.15) is 21.7 Å². The molecule has 1 heterocycles. The van der Waals surface area contributed by atoms with Gasteiger partial charge in [-0.3, -0.25) is 4.79 Å². The molecule has 0 aliphatic heterocycles. The van der Waals surface area contributed by atoms with E-state index in [9.17, 15) is 13.2 Å². The largest absolute Gasteiger partial charge is 0.351 e. The van der Waals surface area contributed by atoms with E-state index in [4.69, 9.17) is 0 Å². The van der Waals surface area contributed by atoms with Gasteiger partial charge in [0.05, 0.1) is 9.77 Å². The minimum atomic E-state index is -3.48. The van der Waals surface area contributed by atoms with Crippen LogP contribution in [0.15, 0.2) is 46.7 Å². The zero-order valence-electron chi connectivity index (χ0n) is 12.2. The topological polar surface area (TPSA) is 75.3 Å². The molecule has 0 fully saturated rings. The molecule has 1 amide bonds. The van der Waals surface area contributed by atoms with Gasteiger partial charge in [0.2, 0.25) is 10.0 Å². The average Bonchev–Trinajstić information content (AvgIpc) is 3.01. The van der Waals surface area contributed by atoms with Gasteiger partial charge in [-0.25, -0.2) is 13.1 Å². The summed E-state index contributed by atoms with van der Waals surface area (Å²) >= 11 is 1.37. The summed E-state index contributed by atoms with van der Waals surface area (Å²) < 4.78 is 26.6. The molecule has 0 unspecified atom stereocenters. The van der Waals surface area contributed by atoms with Gasteiger partial charge in [-0.15, -0.1) is 11.3 Å². The van der Waals surface area contributed by atoms with Gasteiger partial charge in [0.1, 0.15) is 0 Å². The third kappa shape index (κ3) is 4.66. The number of amides is 1. The second-order valence-corrected chi connectivity index (χ2v) is 7.51. The third-order valence-electron chi connectivity index (χ3n) is 3.01. The molecule has 0 bridgehead atoms. The Morgan fingerprint density at radius 2 is 1.86 bits per heavy atom. The molecule has 0 saturated carbocycles. The normalized spacial score (nSPS) is 11.3. The van der Waals surface area contributed by atoms with Crippen LogP contribution in [0.3, 0.4) is 0 Å². The highest BCUT2D eigenvalue weighted by molar-refractivity contribution is 7.89. The van der Waals surface area contributed by atoms with Crippen molar-refractivity contribution in [3.05, 3.63) is 52.2 Å². The van der Waals surface area contributed by atoms with Crippen LogP contribution in [0.25, 0.3) is 0 Å². The van der Waals surface area contributed by atoms with Crippen molar-refractivity contribution >= 4 is 27.3 Å². The van der Waals surface area contributed by atoms with Crippen molar-refractivity contribution in [2.45, 2.75) is 18.2 Å². The Hall–Kier alpha value is -1.70. The molecular formula is C15H18N2O3S2. The van der Waals surface area contributed by atoms with Crippen LogP contribution in [0.2, 0.25) is 0 Å². The highest BCUT2D eigenvalue weighted by Crippen LogP contribution is 2.10. The Balaban J connectivity index is 1.74. The third-order valence-corrected chi connectivity index (χ3v) is 5.35. The predicted octanol–water partition coefficient (Wildman–Crippen LogP) is 2.15. The molecular weight excluding hydrogens is 320 g/mol. The maximum absolute atomic E-state index is 12.0. The van der Waals surface area contributed by atoms with Crippen molar-refractivity contribution in [1.29, 1.82) is 0 Å². The number of hydrogen-bond acceptors (Lipinski definition) is 4. The highest BCUT2D eigenvalue weighted by Gasteiger charge is 2.12. The first-order chi connectivity index (χ1) is 10.5. The number of nitrogens with one attached hydrogen (secondary N) is 2. The lowest BCUT2D eigenvalue weighted by atomic mass is 10.2. The number of carbonyl (C=O) groups excluding carboxylic acids is 1. The second kappa shape index (κ2) is 7.53. The fraction of sp³-hybridized carbons (Fsp3) is 0.267. The van der Waals surface area contributed by atoms with Gasteiger partial charge in [-0.05, 0) is 36.9 Å². The fourth-order valence-corrected chi connectivity index (χ4v) is 3.51. The number of aryl methyl sites for hydroxylation is 1. The monoisotopic (exact) mass is 338 g/mol. The Labute approximate surface area is 134 Å². The van der Waals surface area contributed by atoms with Gasteiger partial charge in [-0.2, -0.15) is 0 Å². The first-order valence-corrected chi connectivity index (χ1v) is 9.23. The predicted molar refractivity (Wildman–Crippen MR) is 87.6 cm³/mol. The SMILES string of the molecule is Cc1ccc(S(=O)(=O)NCCCNC(=O)c2cccs2)cc1. The Morgan fingerprint density at radius 1 is 1.14 bits per heavy atom. The molecule has 2 N–H and O–H groups in total. The first kappa shape index (κ1) is 16.7. The molecule has 118 valence electrons. The second-order valence-electron chi connectivity index (χ2n) is 4.80. The lowest BCUT2D eigenvalue weighted by Gasteiger charge is -2.07. The summed E-state index contributed by atoms with van der Waals surface area (Å²) in [6, 6.07) is 10.2. The van der Waals surface area contributed by atoms with Crippen LogP contribution in [0.4, 0.5) is 0 Å². The number of hydrogen-bond donors (Lipinski definition) is 2. The van der Waals surface area contributed by atoms with Gasteiger partial charge in [0, 0.05) is 13.1 Å². The molecule has 2 rings (SSSR count). The van der Waals surface area contributed by atoms with Crippen molar-refractivity contribution in [3.63, 3.8) is 0 Å². The van der Waals surface area contributed by atoms with E-state index in [0.717, 1.165) is 5.56 Å². The lowest BCUT2D eigenvalue weighted by Crippen LogP contribution is -2.29. The van der Waals surface area contributed by atoms with Gasteiger partial charge >= 0.3 is 0 Å². The van der Waals surface area contributed by atoms with Crippen molar-refractivity contribution < 1.29 is 13.2 Å². The van der Waals surface area contributed by atoms with E-state index in [-0.39, 0.29) is 17.3 Å². The quantitative estimate of drug-likeness (QED) is 0.760. The fourth-order valence-electron chi connectivity index (χ4n) is 1.79. The number of rotatable bonds is 7. The summed E-state index contributed by atoms with van der Waals surface area (Å²) in [4.78, 5) is 12.6. The first-order valence-electron chi connectivity index (χ1n) is 6.87. The molecule has 1 aromatic carbocycles. The smallest absolute Gasteiger partial charge is 0.261 e. The van der Waals surface area contributed by atoms with Crippen molar-refractivity contribution in [2.24, 2.45) is 0 Å². The molecule has 0 saturated heterocycles. The van der Waals surface area contributed by atoms with E-state index >= 15 is 0 Å². The summed E-state index contributed by atoms with van der Waals surface area (Å²) in [5.74, 6) is -0.128. The number of thiophene rings is 1. The van der Waals surface area contributed by atoms with Crippen LogP contribution >= 0.6 is 11.3 Å². The summed E-state index contributed by atoms with van der Waals surface area (Å²) in [5.41, 5.74) is 1.01. The van der Waals surface area contributed by atoms with E-state index in [1.807, 2.05) is 18.4 Å². The Kier molecular flexibility index (Phi) is 5.70. The minimum absolute atomic E-state index is 0.128. The molecule has 22 heavy (non-hydrogen) atoms. The summed E-state index contributed by atoms with van der Waals surface area (Å²) in [5, 5.41) is 4.59. The lowest BCUT2D eigenvalue weighted by molar-refractivity contribution is 0.0957. The van der Waals surface area contributed by atoms with E-state index in [1.54, 1.807) is 30.3 Å². The van der Waals surface area contributed by atoms with Crippen molar-refractivity contribution in [3.8, 4) is 0 Å². The van der Waals surface area contributed by atoms with E-state index < -0.39 is 10.0 Å². The molecule has 5 nitrogen and oxygen atoms in total.